The minimum Gasteiger partial charge on any atom is -0.391 e. The van der Waals surface area contributed by atoms with E-state index in [0.717, 1.165) is 6.42 Å². The smallest absolute Gasteiger partial charge is 0.0804 e. The predicted octanol–water partition coefficient (Wildman–Crippen LogP) is 2.33. The van der Waals surface area contributed by atoms with E-state index < -0.39 is 11.5 Å². The van der Waals surface area contributed by atoms with Crippen molar-refractivity contribution in [2.24, 2.45) is 11.3 Å². The molecule has 0 heterocycles. The first-order valence-corrected chi connectivity index (χ1v) is 4.61. The molecule has 0 rings (SSSR count). The molecule has 0 radical (unpaired) electrons. The second kappa shape index (κ2) is 4.47. The highest BCUT2D eigenvalue weighted by Gasteiger charge is 2.34. The molecule has 3 unspecified atom stereocenters. The van der Waals surface area contributed by atoms with Gasteiger partial charge in [-0.05, 0) is 19.3 Å². The topological polar surface area (TPSA) is 44.0 Å². The van der Waals surface area contributed by atoms with Crippen LogP contribution in [0.4, 0.5) is 0 Å². The van der Waals surface area contributed by atoms with E-state index in [9.17, 15) is 5.11 Å². The molecule has 0 bridgehead atoms. The number of aliphatic hydroxyl groups excluding tert-OH is 1. The molecule has 0 aliphatic rings. The van der Waals surface area contributed by atoms with Gasteiger partial charge < -0.3 is 5.11 Å². The van der Waals surface area contributed by atoms with E-state index in [1.54, 1.807) is 0 Å². The van der Waals surface area contributed by atoms with Crippen LogP contribution in [-0.2, 0) is 0 Å². The fourth-order valence-electron chi connectivity index (χ4n) is 1.21. The molecule has 0 aromatic rings. The second-order valence-electron chi connectivity index (χ2n) is 3.71. The Morgan fingerprint density at radius 2 is 2.00 bits per heavy atom. The molecule has 1 N–H and O–H groups in total. The summed E-state index contributed by atoms with van der Waals surface area (Å²) in [6, 6.07) is 2.19. The number of nitriles is 1. The molecule has 0 aromatic carbocycles. The van der Waals surface area contributed by atoms with Gasteiger partial charge in [0.15, 0.2) is 0 Å². The molecule has 2 heteroatoms. The quantitative estimate of drug-likeness (QED) is 0.702. The zero-order valence-electron chi connectivity index (χ0n) is 8.46. The van der Waals surface area contributed by atoms with Crippen LogP contribution >= 0.6 is 0 Å². The van der Waals surface area contributed by atoms with Gasteiger partial charge in [-0.25, -0.2) is 0 Å². The Bertz CT molecular complexity index is 173. The molecule has 0 aliphatic heterocycles. The molecule has 0 fully saturated rings. The maximum Gasteiger partial charge on any atom is 0.0804 e. The fourth-order valence-corrected chi connectivity index (χ4v) is 1.21. The zero-order valence-corrected chi connectivity index (χ0v) is 8.46. The van der Waals surface area contributed by atoms with E-state index in [1.807, 2.05) is 27.7 Å². The summed E-state index contributed by atoms with van der Waals surface area (Å²) in [5.41, 5.74) is -0.574. The third-order valence-electron chi connectivity index (χ3n) is 2.83. The molecule has 2 nitrogen and oxygen atoms in total. The van der Waals surface area contributed by atoms with E-state index in [-0.39, 0.29) is 5.92 Å². The highest BCUT2D eigenvalue weighted by atomic mass is 16.3. The molecule has 0 saturated carbocycles. The summed E-state index contributed by atoms with van der Waals surface area (Å²) >= 11 is 0. The van der Waals surface area contributed by atoms with Crippen molar-refractivity contribution >= 4 is 0 Å². The molecule has 3 atom stereocenters. The molecular weight excluding hydrogens is 150 g/mol. The molecule has 0 amide bonds. The normalized spacial score (nSPS) is 20.7. The second-order valence-corrected chi connectivity index (χ2v) is 3.71. The number of aliphatic hydroxyl groups is 1. The Hall–Kier alpha value is -0.550. The molecule has 0 aromatic heterocycles. The largest absolute Gasteiger partial charge is 0.391 e. The van der Waals surface area contributed by atoms with Gasteiger partial charge in [0.1, 0.15) is 0 Å². The molecule has 70 valence electrons. The van der Waals surface area contributed by atoms with Crippen molar-refractivity contribution in [3.8, 4) is 6.07 Å². The minimum absolute atomic E-state index is 0.203. The van der Waals surface area contributed by atoms with Crippen molar-refractivity contribution in [1.29, 1.82) is 5.26 Å². The van der Waals surface area contributed by atoms with E-state index in [1.165, 1.54) is 0 Å². The third kappa shape index (κ3) is 2.22. The van der Waals surface area contributed by atoms with E-state index in [0.29, 0.717) is 6.42 Å². The molecule has 0 saturated heterocycles. The van der Waals surface area contributed by atoms with Crippen LogP contribution in [0.1, 0.15) is 40.5 Å². The number of rotatable bonds is 4. The summed E-state index contributed by atoms with van der Waals surface area (Å²) in [5.74, 6) is 0.203. The van der Waals surface area contributed by atoms with Gasteiger partial charge in [0.25, 0.3) is 0 Å². The van der Waals surface area contributed by atoms with Crippen LogP contribution in [0.25, 0.3) is 0 Å². The summed E-state index contributed by atoms with van der Waals surface area (Å²) < 4.78 is 0. The van der Waals surface area contributed by atoms with Gasteiger partial charge in [0, 0.05) is 0 Å². The highest BCUT2D eigenvalue weighted by molar-refractivity contribution is 5.00. The van der Waals surface area contributed by atoms with Gasteiger partial charge in [-0.15, -0.1) is 0 Å². The maximum absolute atomic E-state index is 9.81. The molecular formula is C10H19NO. The van der Waals surface area contributed by atoms with Crippen molar-refractivity contribution in [3.63, 3.8) is 0 Å². The van der Waals surface area contributed by atoms with Crippen LogP contribution in [0.3, 0.4) is 0 Å². The van der Waals surface area contributed by atoms with Gasteiger partial charge in [-0.1, -0.05) is 27.2 Å². The minimum atomic E-state index is -0.574. The van der Waals surface area contributed by atoms with Crippen LogP contribution in [0.15, 0.2) is 0 Å². The van der Waals surface area contributed by atoms with Crippen molar-refractivity contribution in [2.45, 2.75) is 46.6 Å². The van der Waals surface area contributed by atoms with Gasteiger partial charge in [0.05, 0.1) is 17.6 Å². The summed E-state index contributed by atoms with van der Waals surface area (Å²) in [6.07, 6.45) is 1.12. The van der Waals surface area contributed by atoms with E-state index in [2.05, 4.69) is 6.07 Å². The number of hydrogen-bond acceptors (Lipinski definition) is 2. The Morgan fingerprint density at radius 3 is 2.25 bits per heavy atom. The lowest BCUT2D eigenvalue weighted by molar-refractivity contribution is 0.0253. The van der Waals surface area contributed by atoms with Gasteiger partial charge >= 0.3 is 0 Å². The van der Waals surface area contributed by atoms with Crippen LogP contribution in [0, 0.1) is 22.7 Å². The fraction of sp³-hybridized carbons (Fsp3) is 0.900. The first-order valence-electron chi connectivity index (χ1n) is 4.61. The molecule has 0 aliphatic carbocycles. The Balaban J connectivity index is 4.43. The van der Waals surface area contributed by atoms with Gasteiger partial charge in [-0.3, -0.25) is 0 Å². The summed E-state index contributed by atoms with van der Waals surface area (Å²) in [5, 5.41) is 18.7. The number of nitrogens with zero attached hydrogens (tertiary/aromatic N) is 1. The SMILES string of the molecule is CCC(C)C(O)C(C)(C#N)CC. The lowest BCUT2D eigenvalue weighted by Gasteiger charge is -2.30. The van der Waals surface area contributed by atoms with Crippen molar-refractivity contribution in [1.82, 2.24) is 0 Å². The van der Waals surface area contributed by atoms with Crippen LogP contribution in [-0.4, -0.2) is 11.2 Å². The van der Waals surface area contributed by atoms with Gasteiger partial charge in [0.2, 0.25) is 0 Å². The lowest BCUT2D eigenvalue weighted by Crippen LogP contribution is -2.35. The standard InChI is InChI=1S/C10H19NO/c1-5-8(3)9(12)10(4,6-2)7-11/h8-9,12H,5-6H2,1-4H3. The predicted molar refractivity (Wildman–Crippen MR) is 49.5 cm³/mol. The first kappa shape index (κ1) is 11.4. The Kier molecular flexibility index (Phi) is 4.26. The molecule has 12 heavy (non-hydrogen) atoms. The first-order chi connectivity index (χ1) is 5.51. The monoisotopic (exact) mass is 169 g/mol. The third-order valence-corrected chi connectivity index (χ3v) is 2.83. The maximum atomic E-state index is 9.81. The summed E-state index contributed by atoms with van der Waals surface area (Å²) in [4.78, 5) is 0. The van der Waals surface area contributed by atoms with Crippen LogP contribution in [0.2, 0.25) is 0 Å². The lowest BCUT2D eigenvalue weighted by atomic mass is 9.77. The average Bonchev–Trinajstić information content (AvgIpc) is 2.14. The van der Waals surface area contributed by atoms with Crippen LogP contribution < -0.4 is 0 Å². The summed E-state index contributed by atoms with van der Waals surface area (Å²) in [7, 11) is 0. The highest BCUT2D eigenvalue weighted by Crippen LogP contribution is 2.30. The Morgan fingerprint density at radius 1 is 1.50 bits per heavy atom. The van der Waals surface area contributed by atoms with Crippen molar-refractivity contribution in [3.05, 3.63) is 0 Å². The Labute approximate surface area is 75.2 Å². The summed E-state index contributed by atoms with van der Waals surface area (Å²) in [6.45, 7) is 7.77. The average molecular weight is 169 g/mol. The van der Waals surface area contributed by atoms with E-state index >= 15 is 0 Å². The van der Waals surface area contributed by atoms with Crippen molar-refractivity contribution < 1.29 is 5.11 Å². The van der Waals surface area contributed by atoms with E-state index in [4.69, 9.17) is 5.26 Å². The van der Waals surface area contributed by atoms with Crippen molar-refractivity contribution in [2.75, 3.05) is 0 Å². The zero-order chi connectivity index (χ0) is 9.78. The number of hydrogen-bond donors (Lipinski definition) is 1. The van der Waals surface area contributed by atoms with Crippen LogP contribution in [0.5, 0.6) is 0 Å². The molecule has 0 spiro atoms. The van der Waals surface area contributed by atoms with Gasteiger partial charge in [-0.2, -0.15) is 5.26 Å².